The molecule has 26 heavy (non-hydrogen) atoms. The lowest BCUT2D eigenvalue weighted by molar-refractivity contribution is -0.134. The van der Waals surface area contributed by atoms with E-state index in [9.17, 15) is 9.59 Å². The fourth-order valence-corrected chi connectivity index (χ4v) is 4.26. The molecule has 1 saturated heterocycles. The number of rotatable bonds is 3. The molecule has 2 aliphatic rings. The number of piperidine rings is 1. The summed E-state index contributed by atoms with van der Waals surface area (Å²) >= 11 is 0. The average Bonchev–Trinajstić information content (AvgIpc) is 3.29. The summed E-state index contributed by atoms with van der Waals surface area (Å²) in [6, 6.07) is 11.5. The van der Waals surface area contributed by atoms with Crippen LogP contribution in [0.25, 0.3) is 11.3 Å². The quantitative estimate of drug-likeness (QED) is 0.851. The predicted molar refractivity (Wildman–Crippen MR) is 96.3 cm³/mol. The first-order chi connectivity index (χ1) is 12.5. The molecule has 0 radical (unpaired) electrons. The van der Waals surface area contributed by atoms with E-state index in [1.54, 1.807) is 11.0 Å². The van der Waals surface area contributed by atoms with E-state index in [4.69, 9.17) is 4.52 Å². The Labute approximate surface area is 152 Å². The molecule has 4 rings (SSSR count). The number of aromatic nitrogens is 1. The van der Waals surface area contributed by atoms with E-state index in [1.165, 1.54) is 0 Å². The first-order valence-corrected chi connectivity index (χ1v) is 9.06. The van der Waals surface area contributed by atoms with Crippen LogP contribution in [-0.4, -0.2) is 53.5 Å². The van der Waals surface area contributed by atoms with E-state index in [2.05, 4.69) is 5.16 Å². The Kier molecular flexibility index (Phi) is 4.26. The Morgan fingerprint density at radius 3 is 2.73 bits per heavy atom. The zero-order chi connectivity index (χ0) is 18.3. The van der Waals surface area contributed by atoms with Crippen LogP contribution in [0.3, 0.4) is 0 Å². The third-order valence-corrected chi connectivity index (χ3v) is 5.85. The highest BCUT2D eigenvalue weighted by Gasteiger charge is 2.42. The molecular weight excluding hydrogens is 330 g/mol. The lowest BCUT2D eigenvalue weighted by atomic mass is 9.88. The molecule has 0 N–H and O–H groups in total. The van der Waals surface area contributed by atoms with E-state index in [0.29, 0.717) is 24.0 Å². The summed E-state index contributed by atoms with van der Waals surface area (Å²) in [5, 5.41) is 4.03. The molecule has 6 nitrogen and oxygen atoms in total. The standard InChI is InChI=1S/C20H23N3O3/c1-22-12-15-9-16(8-14(15)10-19(22)24)23(2)20(25)18-11-17(21-26-18)13-6-4-3-5-7-13/h3-7,11,14-16H,8-10,12H2,1-2H3/t14-,15+,16-/m0/s1. The van der Waals surface area contributed by atoms with Crippen molar-refractivity contribution in [2.75, 3.05) is 20.6 Å². The van der Waals surface area contributed by atoms with Crippen LogP contribution in [0.2, 0.25) is 0 Å². The maximum atomic E-state index is 12.8. The Bertz CT molecular complexity index is 817. The van der Waals surface area contributed by atoms with Crippen LogP contribution >= 0.6 is 0 Å². The number of carbonyl (C=O) groups is 2. The molecule has 1 aromatic heterocycles. The highest BCUT2D eigenvalue weighted by Crippen LogP contribution is 2.40. The molecule has 2 heterocycles. The summed E-state index contributed by atoms with van der Waals surface area (Å²) < 4.78 is 5.31. The minimum atomic E-state index is -0.150. The van der Waals surface area contributed by atoms with Crippen molar-refractivity contribution in [3.8, 4) is 11.3 Å². The highest BCUT2D eigenvalue weighted by molar-refractivity contribution is 5.92. The Morgan fingerprint density at radius 1 is 1.23 bits per heavy atom. The highest BCUT2D eigenvalue weighted by atomic mass is 16.5. The first-order valence-electron chi connectivity index (χ1n) is 9.06. The summed E-state index contributed by atoms with van der Waals surface area (Å²) in [6.45, 7) is 0.794. The number of hydrogen-bond acceptors (Lipinski definition) is 4. The van der Waals surface area contributed by atoms with Crippen molar-refractivity contribution in [3.05, 3.63) is 42.2 Å². The topological polar surface area (TPSA) is 66.7 Å². The van der Waals surface area contributed by atoms with Crippen molar-refractivity contribution in [2.45, 2.75) is 25.3 Å². The second-order valence-electron chi connectivity index (χ2n) is 7.48. The summed E-state index contributed by atoms with van der Waals surface area (Å²) in [6.07, 6.45) is 2.41. The van der Waals surface area contributed by atoms with Crippen LogP contribution in [0.15, 0.2) is 40.9 Å². The van der Waals surface area contributed by atoms with Crippen LogP contribution < -0.4 is 0 Å². The van der Waals surface area contributed by atoms with Crippen LogP contribution in [0.1, 0.15) is 29.8 Å². The molecule has 3 atom stereocenters. The lowest BCUT2D eigenvalue weighted by Gasteiger charge is -2.31. The number of nitrogens with zero attached hydrogens (tertiary/aromatic N) is 3. The Morgan fingerprint density at radius 2 is 1.96 bits per heavy atom. The van der Waals surface area contributed by atoms with Gasteiger partial charge in [0.15, 0.2) is 0 Å². The number of likely N-dealkylation sites (tertiary alicyclic amines) is 1. The van der Waals surface area contributed by atoms with E-state index >= 15 is 0 Å². The van der Waals surface area contributed by atoms with Gasteiger partial charge in [-0.05, 0) is 24.7 Å². The Balaban J connectivity index is 1.46. The third-order valence-electron chi connectivity index (χ3n) is 5.85. The Hall–Kier alpha value is -2.63. The number of hydrogen-bond donors (Lipinski definition) is 0. The summed E-state index contributed by atoms with van der Waals surface area (Å²) in [4.78, 5) is 28.3. The minimum Gasteiger partial charge on any atom is -0.350 e. The van der Waals surface area contributed by atoms with Gasteiger partial charge in [0.05, 0.1) is 0 Å². The molecule has 1 aliphatic heterocycles. The van der Waals surface area contributed by atoms with E-state index in [-0.39, 0.29) is 23.6 Å². The summed E-state index contributed by atoms with van der Waals surface area (Å²) in [5.41, 5.74) is 1.58. The van der Waals surface area contributed by atoms with Gasteiger partial charge in [0, 0.05) is 44.7 Å². The zero-order valence-corrected chi connectivity index (χ0v) is 15.1. The van der Waals surface area contributed by atoms with Crippen molar-refractivity contribution in [1.29, 1.82) is 0 Å². The number of carbonyl (C=O) groups excluding carboxylic acids is 2. The first kappa shape index (κ1) is 16.8. The van der Waals surface area contributed by atoms with Crippen molar-refractivity contribution in [1.82, 2.24) is 15.0 Å². The van der Waals surface area contributed by atoms with Crippen LogP contribution in [0.4, 0.5) is 0 Å². The van der Waals surface area contributed by atoms with Gasteiger partial charge in [-0.1, -0.05) is 35.5 Å². The summed E-state index contributed by atoms with van der Waals surface area (Å²) in [7, 11) is 3.68. The maximum absolute atomic E-state index is 12.8. The van der Waals surface area contributed by atoms with Crippen molar-refractivity contribution >= 4 is 11.8 Å². The molecular formula is C20H23N3O3. The largest absolute Gasteiger partial charge is 0.350 e. The fraction of sp³-hybridized carbons (Fsp3) is 0.450. The SMILES string of the molecule is CN1C[C@H]2C[C@@H](N(C)C(=O)c3cc(-c4ccccc4)no3)C[C@H]2CC1=O. The van der Waals surface area contributed by atoms with Crippen molar-refractivity contribution in [2.24, 2.45) is 11.8 Å². The van der Waals surface area contributed by atoms with Gasteiger partial charge >= 0.3 is 0 Å². The van der Waals surface area contributed by atoms with Gasteiger partial charge in [-0.3, -0.25) is 9.59 Å². The molecule has 136 valence electrons. The number of amides is 2. The predicted octanol–water partition coefficient (Wildman–Crippen LogP) is 2.67. The van der Waals surface area contributed by atoms with Crippen LogP contribution in [0.5, 0.6) is 0 Å². The molecule has 2 fully saturated rings. The molecule has 2 amide bonds. The monoisotopic (exact) mass is 353 g/mol. The zero-order valence-electron chi connectivity index (χ0n) is 15.1. The smallest absolute Gasteiger partial charge is 0.292 e. The second-order valence-corrected chi connectivity index (χ2v) is 7.48. The van der Waals surface area contributed by atoms with E-state index in [0.717, 1.165) is 24.9 Å². The molecule has 0 spiro atoms. The van der Waals surface area contributed by atoms with Crippen molar-refractivity contribution < 1.29 is 14.1 Å². The van der Waals surface area contributed by atoms with Crippen LogP contribution in [0, 0.1) is 11.8 Å². The lowest BCUT2D eigenvalue weighted by Crippen LogP contribution is -2.39. The number of benzene rings is 1. The summed E-state index contributed by atoms with van der Waals surface area (Å²) in [5.74, 6) is 1.18. The van der Waals surface area contributed by atoms with Gasteiger partial charge in [0.1, 0.15) is 5.69 Å². The van der Waals surface area contributed by atoms with Gasteiger partial charge in [0.2, 0.25) is 11.7 Å². The van der Waals surface area contributed by atoms with E-state index < -0.39 is 0 Å². The maximum Gasteiger partial charge on any atom is 0.292 e. The second kappa shape index (κ2) is 6.59. The van der Waals surface area contributed by atoms with E-state index in [1.807, 2.05) is 49.3 Å². The normalized spacial score (nSPS) is 25.2. The molecule has 0 bridgehead atoms. The van der Waals surface area contributed by atoms with Gasteiger partial charge in [-0.15, -0.1) is 0 Å². The minimum absolute atomic E-state index is 0.141. The fourth-order valence-electron chi connectivity index (χ4n) is 4.26. The molecule has 1 saturated carbocycles. The molecule has 6 heteroatoms. The molecule has 1 aliphatic carbocycles. The third kappa shape index (κ3) is 3.00. The molecule has 1 aromatic carbocycles. The van der Waals surface area contributed by atoms with Gasteiger partial charge in [-0.25, -0.2) is 0 Å². The molecule has 2 aromatic rings. The van der Waals surface area contributed by atoms with Crippen molar-refractivity contribution in [3.63, 3.8) is 0 Å². The molecule has 0 unspecified atom stereocenters. The van der Waals surface area contributed by atoms with Gasteiger partial charge in [-0.2, -0.15) is 0 Å². The average molecular weight is 353 g/mol. The van der Waals surface area contributed by atoms with Gasteiger partial charge < -0.3 is 14.3 Å². The van der Waals surface area contributed by atoms with Gasteiger partial charge in [0.25, 0.3) is 5.91 Å². The van der Waals surface area contributed by atoms with Crippen LogP contribution in [-0.2, 0) is 4.79 Å². The number of fused-ring (bicyclic) bond motifs is 1.